The number of hydrogen-bond acceptors (Lipinski definition) is 6. The third-order valence-corrected chi connectivity index (χ3v) is 4.13. The van der Waals surface area contributed by atoms with Crippen molar-refractivity contribution < 1.29 is 23.8 Å². The molecule has 0 bridgehead atoms. The molecule has 0 unspecified atom stereocenters. The van der Waals surface area contributed by atoms with Gasteiger partial charge in [0.2, 0.25) is 6.79 Å². The van der Waals surface area contributed by atoms with Gasteiger partial charge in [-0.05, 0) is 35.0 Å². The van der Waals surface area contributed by atoms with Crippen LogP contribution in [0.5, 0.6) is 11.5 Å². The van der Waals surface area contributed by atoms with Gasteiger partial charge >= 0.3 is 5.97 Å². The van der Waals surface area contributed by atoms with Crippen molar-refractivity contribution in [2.24, 2.45) is 0 Å². The van der Waals surface area contributed by atoms with Gasteiger partial charge in [-0.1, -0.05) is 24.3 Å². The van der Waals surface area contributed by atoms with E-state index in [1.807, 2.05) is 24.3 Å². The van der Waals surface area contributed by atoms with E-state index in [9.17, 15) is 9.59 Å². The number of rotatable bonds is 4. The van der Waals surface area contributed by atoms with Crippen molar-refractivity contribution in [1.29, 1.82) is 0 Å². The number of nitrogens with one attached hydrogen (secondary N) is 1. The lowest BCUT2D eigenvalue weighted by atomic mass is 10.1. The van der Waals surface area contributed by atoms with Gasteiger partial charge in [0.05, 0.1) is 5.56 Å². The summed E-state index contributed by atoms with van der Waals surface area (Å²) in [5.41, 5.74) is 6.99. The lowest BCUT2D eigenvalue weighted by Gasteiger charge is -2.09. The van der Waals surface area contributed by atoms with Crippen LogP contribution in [0.4, 0.5) is 11.4 Å². The Bertz CT molecular complexity index is 1050. The summed E-state index contributed by atoms with van der Waals surface area (Å²) in [6.45, 7) is -0.281. The van der Waals surface area contributed by atoms with Gasteiger partial charge in [0.25, 0.3) is 5.91 Å². The standard InChI is InChI=1S/C20H16N2O5/c21-16-8-13-4-2-1-3-12(13)7-15(16)20(24)25-10-19(23)22-14-5-6-17-18(9-14)27-11-26-17/h1-9H,10-11,21H2,(H,22,23). The zero-order chi connectivity index (χ0) is 18.8. The molecule has 7 nitrogen and oxygen atoms in total. The van der Waals surface area contributed by atoms with Gasteiger partial charge in [-0.25, -0.2) is 4.79 Å². The molecule has 0 atom stereocenters. The molecule has 7 heteroatoms. The Morgan fingerprint density at radius 1 is 1.00 bits per heavy atom. The van der Waals surface area contributed by atoms with Gasteiger partial charge in [-0.15, -0.1) is 0 Å². The van der Waals surface area contributed by atoms with E-state index >= 15 is 0 Å². The van der Waals surface area contributed by atoms with Crippen LogP contribution in [-0.4, -0.2) is 25.3 Å². The summed E-state index contributed by atoms with van der Waals surface area (Å²) in [4.78, 5) is 24.4. The van der Waals surface area contributed by atoms with Crippen LogP contribution in [0.2, 0.25) is 0 Å². The van der Waals surface area contributed by atoms with Crippen molar-refractivity contribution in [3.05, 3.63) is 60.2 Å². The topological polar surface area (TPSA) is 99.9 Å². The molecule has 3 aromatic rings. The van der Waals surface area contributed by atoms with Gasteiger partial charge in [0.1, 0.15) is 0 Å². The lowest BCUT2D eigenvalue weighted by Crippen LogP contribution is -2.21. The average molecular weight is 364 g/mol. The molecule has 0 fully saturated rings. The predicted molar refractivity (Wildman–Crippen MR) is 99.8 cm³/mol. The maximum atomic E-state index is 12.3. The molecule has 136 valence electrons. The summed E-state index contributed by atoms with van der Waals surface area (Å²) >= 11 is 0. The number of amides is 1. The largest absolute Gasteiger partial charge is 0.454 e. The van der Waals surface area contributed by atoms with Crippen LogP contribution >= 0.6 is 0 Å². The fourth-order valence-corrected chi connectivity index (χ4v) is 2.81. The smallest absolute Gasteiger partial charge is 0.340 e. The quantitative estimate of drug-likeness (QED) is 0.545. The molecular weight excluding hydrogens is 348 g/mol. The minimum absolute atomic E-state index is 0.150. The molecule has 0 saturated carbocycles. The molecule has 0 saturated heterocycles. The second kappa shape index (κ2) is 6.87. The fourth-order valence-electron chi connectivity index (χ4n) is 2.81. The molecule has 0 spiro atoms. The van der Waals surface area contributed by atoms with Crippen molar-refractivity contribution in [3.63, 3.8) is 0 Å². The van der Waals surface area contributed by atoms with Gasteiger partial charge in [0.15, 0.2) is 18.1 Å². The van der Waals surface area contributed by atoms with Crippen LogP contribution in [0.25, 0.3) is 10.8 Å². The number of hydrogen-bond donors (Lipinski definition) is 2. The molecule has 27 heavy (non-hydrogen) atoms. The van der Waals surface area contributed by atoms with E-state index in [4.69, 9.17) is 19.9 Å². The molecule has 1 aliphatic rings. The second-order valence-corrected chi connectivity index (χ2v) is 5.98. The van der Waals surface area contributed by atoms with E-state index in [1.165, 1.54) is 0 Å². The number of nitrogen functional groups attached to an aromatic ring is 1. The van der Waals surface area contributed by atoms with E-state index in [0.29, 0.717) is 22.9 Å². The summed E-state index contributed by atoms with van der Waals surface area (Å²) in [6, 6.07) is 15.9. The number of anilines is 2. The highest BCUT2D eigenvalue weighted by Gasteiger charge is 2.16. The fraction of sp³-hybridized carbons (Fsp3) is 0.100. The zero-order valence-corrected chi connectivity index (χ0v) is 14.2. The average Bonchev–Trinajstić information content (AvgIpc) is 3.13. The SMILES string of the molecule is Nc1cc2ccccc2cc1C(=O)OCC(=O)Nc1ccc2c(c1)OCO2. The highest BCUT2D eigenvalue weighted by Crippen LogP contribution is 2.34. The van der Waals surface area contributed by atoms with Crippen LogP contribution in [0.3, 0.4) is 0 Å². The zero-order valence-electron chi connectivity index (χ0n) is 14.2. The Hall–Kier alpha value is -3.74. The van der Waals surface area contributed by atoms with E-state index < -0.39 is 18.5 Å². The Labute approximate surface area is 154 Å². The van der Waals surface area contributed by atoms with Crippen LogP contribution < -0.4 is 20.5 Å². The normalized spacial score (nSPS) is 12.0. The number of fused-ring (bicyclic) bond motifs is 2. The molecule has 1 aliphatic heterocycles. The van der Waals surface area contributed by atoms with Crippen LogP contribution in [0, 0.1) is 0 Å². The summed E-state index contributed by atoms with van der Waals surface area (Å²) in [5.74, 6) is 0.0422. The first-order valence-electron chi connectivity index (χ1n) is 8.25. The summed E-state index contributed by atoms with van der Waals surface area (Å²) in [5, 5.41) is 4.43. The Kier molecular flexibility index (Phi) is 4.25. The van der Waals surface area contributed by atoms with Crippen molar-refractivity contribution in [2.75, 3.05) is 24.5 Å². The van der Waals surface area contributed by atoms with E-state index in [-0.39, 0.29) is 12.4 Å². The predicted octanol–water partition coefficient (Wildman–Crippen LogP) is 2.95. The van der Waals surface area contributed by atoms with Gasteiger partial charge in [-0.2, -0.15) is 0 Å². The van der Waals surface area contributed by atoms with Crippen LogP contribution in [0.1, 0.15) is 10.4 Å². The number of esters is 1. The molecule has 1 heterocycles. The Morgan fingerprint density at radius 2 is 1.74 bits per heavy atom. The summed E-state index contributed by atoms with van der Waals surface area (Å²) in [7, 11) is 0. The van der Waals surface area contributed by atoms with Crippen molar-refractivity contribution in [2.45, 2.75) is 0 Å². The lowest BCUT2D eigenvalue weighted by molar-refractivity contribution is -0.119. The number of nitrogens with two attached hydrogens (primary N) is 1. The highest BCUT2D eigenvalue weighted by atomic mass is 16.7. The van der Waals surface area contributed by atoms with E-state index in [1.54, 1.807) is 30.3 Å². The molecule has 0 aromatic heterocycles. The number of ether oxygens (including phenoxy) is 3. The first-order valence-corrected chi connectivity index (χ1v) is 8.25. The molecule has 3 N–H and O–H groups in total. The second-order valence-electron chi connectivity index (χ2n) is 5.98. The van der Waals surface area contributed by atoms with Gasteiger partial charge in [-0.3, -0.25) is 4.79 Å². The van der Waals surface area contributed by atoms with Crippen molar-refractivity contribution in [3.8, 4) is 11.5 Å². The van der Waals surface area contributed by atoms with Gasteiger partial charge in [0, 0.05) is 17.4 Å². The third kappa shape index (κ3) is 3.48. The molecule has 0 aliphatic carbocycles. The number of carbonyl (C=O) groups is 2. The first kappa shape index (κ1) is 16.7. The Balaban J connectivity index is 1.40. The number of carbonyl (C=O) groups excluding carboxylic acids is 2. The monoisotopic (exact) mass is 364 g/mol. The number of benzene rings is 3. The van der Waals surface area contributed by atoms with Crippen LogP contribution in [-0.2, 0) is 9.53 Å². The van der Waals surface area contributed by atoms with Crippen LogP contribution in [0.15, 0.2) is 54.6 Å². The van der Waals surface area contributed by atoms with E-state index in [0.717, 1.165) is 10.8 Å². The summed E-state index contributed by atoms with van der Waals surface area (Å²) < 4.78 is 15.6. The molecule has 0 radical (unpaired) electrons. The maximum Gasteiger partial charge on any atom is 0.340 e. The first-order chi connectivity index (χ1) is 13.1. The van der Waals surface area contributed by atoms with Crippen molar-refractivity contribution >= 4 is 34.0 Å². The van der Waals surface area contributed by atoms with Gasteiger partial charge < -0.3 is 25.3 Å². The minimum Gasteiger partial charge on any atom is -0.454 e. The molecule has 4 rings (SSSR count). The van der Waals surface area contributed by atoms with E-state index in [2.05, 4.69) is 5.32 Å². The third-order valence-electron chi connectivity index (χ3n) is 4.13. The Morgan fingerprint density at radius 3 is 2.56 bits per heavy atom. The van der Waals surface area contributed by atoms with Crippen molar-refractivity contribution in [1.82, 2.24) is 0 Å². The molecular formula is C20H16N2O5. The highest BCUT2D eigenvalue weighted by molar-refractivity contribution is 6.02. The molecule has 3 aromatic carbocycles. The molecule has 1 amide bonds. The summed E-state index contributed by atoms with van der Waals surface area (Å²) in [6.07, 6.45) is 0. The minimum atomic E-state index is -0.654. The maximum absolute atomic E-state index is 12.3.